The maximum atomic E-state index is 13.0. The van der Waals surface area contributed by atoms with Crippen LogP contribution in [0.5, 0.6) is 0 Å². The first-order chi connectivity index (χ1) is 12.6. The van der Waals surface area contributed by atoms with E-state index < -0.39 is 5.97 Å². The molecule has 1 aromatic heterocycles. The van der Waals surface area contributed by atoms with E-state index in [9.17, 15) is 14.4 Å². The topological polar surface area (TPSA) is 90.3 Å². The van der Waals surface area contributed by atoms with Gasteiger partial charge in [-0.2, -0.15) is 0 Å². The van der Waals surface area contributed by atoms with Gasteiger partial charge >= 0.3 is 5.97 Å². The Labute approximate surface area is 155 Å². The molecule has 0 unspecified atom stereocenters. The number of ether oxygens (including phenoxy) is 1. The molecule has 1 heterocycles. The van der Waals surface area contributed by atoms with Crippen LogP contribution < -0.4 is 10.9 Å². The van der Waals surface area contributed by atoms with Gasteiger partial charge in [-0.3, -0.25) is 19.0 Å². The lowest BCUT2D eigenvalue weighted by atomic mass is 10.2. The van der Waals surface area contributed by atoms with Crippen molar-refractivity contribution < 1.29 is 14.3 Å². The second kappa shape index (κ2) is 8.35. The first kappa shape index (κ1) is 18.4. The summed E-state index contributed by atoms with van der Waals surface area (Å²) >= 11 is 1.22. The van der Waals surface area contributed by atoms with E-state index in [1.165, 1.54) is 18.9 Å². The van der Waals surface area contributed by atoms with Crippen LogP contribution in [0.2, 0.25) is 0 Å². The molecule has 0 radical (unpaired) electrons. The number of hydrogen-bond acceptors (Lipinski definition) is 6. The van der Waals surface area contributed by atoms with Gasteiger partial charge in [0.05, 0.1) is 23.8 Å². The molecule has 1 saturated carbocycles. The molecule has 7 nitrogen and oxygen atoms in total. The largest absolute Gasteiger partial charge is 0.468 e. The molecule has 0 saturated heterocycles. The van der Waals surface area contributed by atoms with Gasteiger partial charge in [-0.05, 0) is 25.0 Å². The Morgan fingerprint density at radius 2 is 2.04 bits per heavy atom. The molecule has 1 aromatic carbocycles. The van der Waals surface area contributed by atoms with Crippen molar-refractivity contribution in [3.8, 4) is 0 Å². The minimum atomic E-state index is -0.505. The van der Waals surface area contributed by atoms with E-state index in [-0.39, 0.29) is 29.8 Å². The molecule has 1 N–H and O–H groups in total. The number of amides is 1. The van der Waals surface area contributed by atoms with E-state index in [4.69, 9.17) is 0 Å². The Morgan fingerprint density at radius 1 is 1.31 bits per heavy atom. The number of benzene rings is 1. The lowest BCUT2D eigenvalue weighted by Crippen LogP contribution is -2.32. The zero-order chi connectivity index (χ0) is 18.5. The first-order valence-electron chi connectivity index (χ1n) is 8.57. The Kier molecular flexibility index (Phi) is 5.92. The van der Waals surface area contributed by atoms with Crippen molar-refractivity contribution in [3.05, 3.63) is 34.6 Å². The van der Waals surface area contributed by atoms with Crippen molar-refractivity contribution in [2.24, 2.45) is 0 Å². The number of para-hydroxylation sites is 1. The molecule has 3 rings (SSSR count). The molecular formula is C18H21N3O4S. The fourth-order valence-corrected chi connectivity index (χ4v) is 4.03. The molecule has 1 amide bonds. The second-order valence-corrected chi connectivity index (χ2v) is 7.11. The first-order valence-corrected chi connectivity index (χ1v) is 9.56. The van der Waals surface area contributed by atoms with Gasteiger partial charge in [0, 0.05) is 6.04 Å². The maximum Gasteiger partial charge on any atom is 0.325 e. The highest BCUT2D eigenvalue weighted by Crippen LogP contribution is 2.32. The Hall–Kier alpha value is -2.35. The van der Waals surface area contributed by atoms with Gasteiger partial charge in [0.25, 0.3) is 5.56 Å². The van der Waals surface area contributed by atoms with Crippen LogP contribution in [0.15, 0.2) is 34.2 Å². The van der Waals surface area contributed by atoms with E-state index >= 15 is 0 Å². The average Bonchev–Trinajstić information content (AvgIpc) is 3.18. The van der Waals surface area contributed by atoms with Crippen LogP contribution in [0.25, 0.3) is 10.9 Å². The summed E-state index contributed by atoms with van der Waals surface area (Å²) in [4.78, 5) is 40.7. The Balaban J connectivity index is 1.84. The molecule has 1 aliphatic rings. The van der Waals surface area contributed by atoms with Gasteiger partial charge in [0.15, 0.2) is 5.16 Å². The van der Waals surface area contributed by atoms with Crippen molar-refractivity contribution in [3.63, 3.8) is 0 Å². The van der Waals surface area contributed by atoms with Crippen LogP contribution in [0.1, 0.15) is 31.7 Å². The summed E-state index contributed by atoms with van der Waals surface area (Å²) in [7, 11) is 1.27. The van der Waals surface area contributed by atoms with Crippen molar-refractivity contribution in [2.45, 2.75) is 36.9 Å². The van der Waals surface area contributed by atoms with E-state index in [1.807, 2.05) is 12.1 Å². The molecule has 1 aliphatic carbocycles. The fraction of sp³-hybridized carbons (Fsp3) is 0.444. The zero-order valence-corrected chi connectivity index (χ0v) is 15.4. The maximum absolute atomic E-state index is 13.0. The van der Waals surface area contributed by atoms with Gasteiger partial charge in [0.1, 0.15) is 6.54 Å². The average molecular weight is 375 g/mol. The molecule has 0 aliphatic heterocycles. The van der Waals surface area contributed by atoms with Crippen LogP contribution in [-0.4, -0.2) is 40.8 Å². The summed E-state index contributed by atoms with van der Waals surface area (Å²) in [6.07, 6.45) is 4.07. The summed E-state index contributed by atoms with van der Waals surface area (Å²) in [5.74, 6) is -0.732. The van der Waals surface area contributed by atoms with Crippen molar-refractivity contribution in [2.75, 3.05) is 19.4 Å². The molecule has 2 aromatic rings. The smallest absolute Gasteiger partial charge is 0.325 e. The van der Waals surface area contributed by atoms with E-state index in [1.54, 1.807) is 16.7 Å². The minimum absolute atomic E-state index is 0.0556. The number of esters is 1. The standard InChI is InChI=1S/C18H21N3O4S/c1-25-16(23)10-19-15(22)11-26-18-20-14-9-5-4-8-13(14)17(24)21(18)12-6-2-3-7-12/h4-5,8-9,12H,2-3,6-7,10-11H2,1H3,(H,19,22). The number of fused-ring (bicyclic) bond motifs is 1. The predicted octanol–water partition coefficient (Wildman–Crippen LogP) is 1.89. The van der Waals surface area contributed by atoms with Crippen LogP contribution in [-0.2, 0) is 14.3 Å². The van der Waals surface area contributed by atoms with Crippen molar-refractivity contribution >= 4 is 34.5 Å². The number of carbonyl (C=O) groups is 2. The van der Waals surface area contributed by atoms with Gasteiger partial charge in [-0.15, -0.1) is 0 Å². The normalized spacial score (nSPS) is 14.5. The number of methoxy groups -OCH3 is 1. The quantitative estimate of drug-likeness (QED) is 0.471. The number of rotatable bonds is 6. The predicted molar refractivity (Wildman–Crippen MR) is 99.3 cm³/mol. The highest BCUT2D eigenvalue weighted by molar-refractivity contribution is 7.99. The fourth-order valence-electron chi connectivity index (χ4n) is 3.14. The number of hydrogen-bond donors (Lipinski definition) is 1. The molecule has 138 valence electrons. The highest BCUT2D eigenvalue weighted by atomic mass is 32.2. The Morgan fingerprint density at radius 3 is 2.77 bits per heavy atom. The third-order valence-corrected chi connectivity index (χ3v) is 5.41. The van der Waals surface area contributed by atoms with Gasteiger partial charge in [-0.1, -0.05) is 36.7 Å². The summed E-state index contributed by atoms with van der Waals surface area (Å²) in [5.41, 5.74) is 0.573. The molecule has 1 fully saturated rings. The van der Waals surface area contributed by atoms with Crippen LogP contribution in [0.3, 0.4) is 0 Å². The molecule has 0 bridgehead atoms. The lowest BCUT2D eigenvalue weighted by molar-refractivity contribution is -0.140. The summed E-state index contributed by atoms with van der Waals surface area (Å²) in [6, 6.07) is 7.38. The van der Waals surface area contributed by atoms with E-state index in [0.717, 1.165) is 25.7 Å². The number of carbonyl (C=O) groups excluding carboxylic acids is 2. The van der Waals surface area contributed by atoms with E-state index in [0.29, 0.717) is 16.1 Å². The van der Waals surface area contributed by atoms with E-state index in [2.05, 4.69) is 15.0 Å². The SMILES string of the molecule is COC(=O)CNC(=O)CSc1nc2ccccc2c(=O)n1C1CCCC1. The number of aromatic nitrogens is 2. The summed E-state index contributed by atoms with van der Waals surface area (Å²) in [5, 5.41) is 3.64. The summed E-state index contributed by atoms with van der Waals surface area (Å²) < 4.78 is 6.24. The number of nitrogens with zero attached hydrogens (tertiary/aromatic N) is 2. The molecule has 0 spiro atoms. The van der Waals surface area contributed by atoms with Gasteiger partial charge < -0.3 is 10.1 Å². The number of thioether (sulfide) groups is 1. The monoisotopic (exact) mass is 375 g/mol. The van der Waals surface area contributed by atoms with Crippen LogP contribution in [0.4, 0.5) is 0 Å². The zero-order valence-electron chi connectivity index (χ0n) is 14.6. The van der Waals surface area contributed by atoms with Crippen molar-refractivity contribution in [1.29, 1.82) is 0 Å². The van der Waals surface area contributed by atoms with Gasteiger partial charge in [-0.25, -0.2) is 4.98 Å². The van der Waals surface area contributed by atoms with Crippen molar-refractivity contribution in [1.82, 2.24) is 14.9 Å². The molecular weight excluding hydrogens is 354 g/mol. The Bertz CT molecular complexity index is 874. The third-order valence-electron chi connectivity index (χ3n) is 4.46. The number of nitrogens with one attached hydrogen (secondary N) is 1. The molecule has 0 atom stereocenters. The van der Waals surface area contributed by atoms with Crippen LogP contribution >= 0.6 is 11.8 Å². The van der Waals surface area contributed by atoms with Gasteiger partial charge in [0.2, 0.25) is 5.91 Å². The minimum Gasteiger partial charge on any atom is -0.468 e. The second-order valence-electron chi connectivity index (χ2n) is 6.17. The lowest BCUT2D eigenvalue weighted by Gasteiger charge is -2.18. The van der Waals surface area contributed by atoms with Crippen LogP contribution in [0, 0.1) is 0 Å². The third kappa shape index (κ3) is 4.07. The highest BCUT2D eigenvalue weighted by Gasteiger charge is 2.23. The summed E-state index contributed by atoms with van der Waals surface area (Å²) in [6.45, 7) is -0.170. The molecule has 26 heavy (non-hydrogen) atoms. The molecule has 8 heteroatoms.